The van der Waals surface area contributed by atoms with Gasteiger partial charge in [0.15, 0.2) is 5.78 Å². The molecule has 2 heterocycles. The summed E-state index contributed by atoms with van der Waals surface area (Å²) < 4.78 is 4.66. The van der Waals surface area contributed by atoms with Crippen LogP contribution >= 0.6 is 11.8 Å². The van der Waals surface area contributed by atoms with Crippen molar-refractivity contribution < 1.29 is 14.3 Å². The third-order valence-electron chi connectivity index (χ3n) is 3.33. The van der Waals surface area contributed by atoms with Gasteiger partial charge in [-0.2, -0.15) is 0 Å². The molecule has 21 heavy (non-hydrogen) atoms. The van der Waals surface area contributed by atoms with Crippen LogP contribution in [0, 0.1) is 0 Å². The van der Waals surface area contributed by atoms with E-state index in [1.165, 1.54) is 18.9 Å². The Labute approximate surface area is 126 Å². The highest BCUT2D eigenvalue weighted by atomic mass is 32.2. The molecule has 4 nitrogen and oxygen atoms in total. The number of benzene rings is 1. The Morgan fingerprint density at radius 2 is 2.24 bits per heavy atom. The summed E-state index contributed by atoms with van der Waals surface area (Å²) in [6, 6.07) is 9.28. The summed E-state index contributed by atoms with van der Waals surface area (Å²) >= 11 is 1.49. The molecular formula is C16H13NO3S. The van der Waals surface area contributed by atoms with E-state index in [0.717, 1.165) is 21.0 Å². The van der Waals surface area contributed by atoms with E-state index in [1.54, 1.807) is 12.3 Å². The van der Waals surface area contributed by atoms with Crippen molar-refractivity contribution in [2.75, 3.05) is 7.11 Å². The van der Waals surface area contributed by atoms with Gasteiger partial charge in [0.1, 0.15) is 5.03 Å². The first-order valence-corrected chi connectivity index (χ1v) is 7.33. The number of carbonyl (C=O) groups is 2. The summed E-state index contributed by atoms with van der Waals surface area (Å²) in [6.07, 6.45) is 2.24. The number of Topliss-reactive ketones (excluding diaryl/α,β-unsaturated/α-hetero) is 1. The first kappa shape index (κ1) is 13.8. The SMILES string of the molecule is COC(=O)Cc1ccc2c(c1)C(=O)Cc1cccnc1S2. The van der Waals surface area contributed by atoms with Gasteiger partial charge in [0.05, 0.1) is 13.5 Å². The van der Waals surface area contributed by atoms with Crippen molar-refractivity contribution in [3.63, 3.8) is 0 Å². The normalized spacial score (nSPS) is 13.1. The number of ether oxygens (including phenoxy) is 1. The second-order valence-corrected chi connectivity index (χ2v) is 5.78. The van der Waals surface area contributed by atoms with E-state index in [1.807, 2.05) is 24.3 Å². The third-order valence-corrected chi connectivity index (χ3v) is 4.46. The van der Waals surface area contributed by atoms with Crippen molar-refractivity contribution in [3.8, 4) is 0 Å². The van der Waals surface area contributed by atoms with Gasteiger partial charge in [0.2, 0.25) is 0 Å². The molecule has 0 radical (unpaired) electrons. The molecule has 0 unspecified atom stereocenters. The molecule has 2 aromatic rings. The number of aromatic nitrogens is 1. The molecule has 1 aromatic heterocycles. The van der Waals surface area contributed by atoms with Gasteiger partial charge in [0, 0.05) is 23.1 Å². The van der Waals surface area contributed by atoms with Crippen LogP contribution in [0.4, 0.5) is 0 Å². The van der Waals surface area contributed by atoms with Gasteiger partial charge in [-0.25, -0.2) is 4.98 Å². The Kier molecular flexibility index (Phi) is 3.75. The van der Waals surface area contributed by atoms with Gasteiger partial charge in [-0.1, -0.05) is 23.9 Å². The molecule has 1 aliphatic heterocycles. The van der Waals surface area contributed by atoms with Crippen LogP contribution in [0.15, 0.2) is 46.5 Å². The summed E-state index contributed by atoms with van der Waals surface area (Å²) in [5, 5.41) is 0.866. The van der Waals surface area contributed by atoms with E-state index in [0.29, 0.717) is 12.0 Å². The lowest BCUT2D eigenvalue weighted by atomic mass is 10.0. The topological polar surface area (TPSA) is 56.3 Å². The van der Waals surface area contributed by atoms with E-state index in [-0.39, 0.29) is 18.2 Å². The molecule has 0 saturated heterocycles. The minimum Gasteiger partial charge on any atom is -0.469 e. The Bertz CT molecular complexity index is 727. The Morgan fingerprint density at radius 3 is 3.05 bits per heavy atom. The maximum Gasteiger partial charge on any atom is 0.309 e. The Balaban J connectivity index is 1.98. The first-order valence-electron chi connectivity index (χ1n) is 6.52. The molecule has 0 aliphatic carbocycles. The lowest BCUT2D eigenvalue weighted by molar-refractivity contribution is -0.139. The zero-order valence-corrected chi connectivity index (χ0v) is 12.3. The summed E-state index contributed by atoms with van der Waals surface area (Å²) in [5.41, 5.74) is 2.38. The quantitative estimate of drug-likeness (QED) is 0.798. The fraction of sp³-hybridized carbons (Fsp3) is 0.188. The number of esters is 1. The number of methoxy groups -OCH3 is 1. The van der Waals surface area contributed by atoms with Crippen LogP contribution < -0.4 is 0 Å². The van der Waals surface area contributed by atoms with Crippen LogP contribution in [0.2, 0.25) is 0 Å². The fourth-order valence-corrected chi connectivity index (χ4v) is 3.27. The van der Waals surface area contributed by atoms with Crippen molar-refractivity contribution in [2.24, 2.45) is 0 Å². The fourth-order valence-electron chi connectivity index (χ4n) is 2.26. The van der Waals surface area contributed by atoms with Crippen molar-refractivity contribution in [2.45, 2.75) is 22.8 Å². The van der Waals surface area contributed by atoms with Crippen LogP contribution in [-0.2, 0) is 22.4 Å². The van der Waals surface area contributed by atoms with Gasteiger partial charge >= 0.3 is 5.97 Å². The number of carbonyl (C=O) groups excluding carboxylic acids is 2. The van der Waals surface area contributed by atoms with Gasteiger partial charge in [-0.3, -0.25) is 9.59 Å². The molecule has 1 aliphatic rings. The zero-order chi connectivity index (χ0) is 14.8. The predicted octanol–water partition coefficient (Wildman–Crippen LogP) is 2.69. The highest BCUT2D eigenvalue weighted by Crippen LogP contribution is 2.36. The molecule has 3 rings (SSSR count). The molecule has 0 atom stereocenters. The molecule has 1 aromatic carbocycles. The molecular weight excluding hydrogens is 286 g/mol. The number of nitrogens with zero attached hydrogens (tertiary/aromatic N) is 1. The first-order chi connectivity index (χ1) is 10.2. The Hall–Kier alpha value is -2.14. The molecule has 0 N–H and O–H groups in total. The minimum atomic E-state index is -0.311. The van der Waals surface area contributed by atoms with E-state index in [2.05, 4.69) is 9.72 Å². The van der Waals surface area contributed by atoms with Crippen molar-refractivity contribution >= 4 is 23.5 Å². The molecule has 0 spiro atoms. The average Bonchev–Trinajstić information content (AvgIpc) is 2.63. The smallest absolute Gasteiger partial charge is 0.309 e. The second kappa shape index (κ2) is 5.69. The van der Waals surface area contributed by atoms with Crippen LogP contribution in [-0.4, -0.2) is 23.8 Å². The number of hydrogen-bond acceptors (Lipinski definition) is 5. The maximum atomic E-state index is 12.4. The van der Waals surface area contributed by atoms with Gasteiger partial charge in [-0.15, -0.1) is 0 Å². The number of fused-ring (bicyclic) bond motifs is 2. The lowest BCUT2D eigenvalue weighted by Crippen LogP contribution is -2.07. The van der Waals surface area contributed by atoms with Crippen molar-refractivity contribution in [3.05, 3.63) is 53.2 Å². The largest absolute Gasteiger partial charge is 0.469 e. The number of hydrogen-bond donors (Lipinski definition) is 0. The monoisotopic (exact) mass is 299 g/mol. The standard InChI is InChI=1S/C16H13NO3S/c1-20-15(19)8-10-4-5-14-12(7-10)13(18)9-11-3-2-6-17-16(11)21-14/h2-7H,8-9H2,1H3. The van der Waals surface area contributed by atoms with E-state index in [4.69, 9.17) is 0 Å². The highest BCUT2D eigenvalue weighted by molar-refractivity contribution is 7.99. The summed E-state index contributed by atoms with van der Waals surface area (Å²) in [7, 11) is 1.36. The van der Waals surface area contributed by atoms with E-state index < -0.39 is 0 Å². The number of pyridine rings is 1. The predicted molar refractivity (Wildman–Crippen MR) is 78.6 cm³/mol. The molecule has 106 valence electrons. The second-order valence-electron chi connectivity index (χ2n) is 4.75. The van der Waals surface area contributed by atoms with Gasteiger partial charge in [0.25, 0.3) is 0 Å². The molecule has 5 heteroatoms. The van der Waals surface area contributed by atoms with Crippen LogP contribution in [0.5, 0.6) is 0 Å². The highest BCUT2D eigenvalue weighted by Gasteiger charge is 2.21. The van der Waals surface area contributed by atoms with Gasteiger partial charge in [-0.05, 0) is 29.3 Å². The van der Waals surface area contributed by atoms with Crippen molar-refractivity contribution in [1.29, 1.82) is 0 Å². The molecule has 0 amide bonds. The minimum absolute atomic E-state index is 0.0518. The van der Waals surface area contributed by atoms with Crippen LogP contribution in [0.1, 0.15) is 21.5 Å². The van der Waals surface area contributed by atoms with Crippen molar-refractivity contribution in [1.82, 2.24) is 4.98 Å². The van der Waals surface area contributed by atoms with Crippen LogP contribution in [0.3, 0.4) is 0 Å². The summed E-state index contributed by atoms with van der Waals surface area (Å²) in [5.74, 6) is -0.260. The van der Waals surface area contributed by atoms with Crippen LogP contribution in [0.25, 0.3) is 0 Å². The molecule has 0 saturated carbocycles. The van der Waals surface area contributed by atoms with E-state index >= 15 is 0 Å². The molecule has 0 fully saturated rings. The number of ketones is 1. The third kappa shape index (κ3) is 2.83. The molecule has 0 bridgehead atoms. The zero-order valence-electron chi connectivity index (χ0n) is 11.5. The van der Waals surface area contributed by atoms with E-state index in [9.17, 15) is 9.59 Å². The Morgan fingerprint density at radius 1 is 1.38 bits per heavy atom. The summed E-state index contributed by atoms with van der Waals surface area (Å²) in [4.78, 5) is 29.0. The average molecular weight is 299 g/mol. The number of rotatable bonds is 2. The maximum absolute atomic E-state index is 12.4. The summed E-state index contributed by atoms with van der Waals surface area (Å²) in [6.45, 7) is 0. The van der Waals surface area contributed by atoms with Gasteiger partial charge < -0.3 is 4.74 Å². The lowest BCUT2D eigenvalue weighted by Gasteiger charge is -2.07.